The topological polar surface area (TPSA) is 52.9 Å². The smallest absolute Gasteiger partial charge is 0.423 e. The molecule has 0 radical (unpaired) electrons. The number of aliphatic hydroxyl groups is 1. The van der Waals surface area contributed by atoms with Gasteiger partial charge in [0.2, 0.25) is 0 Å². The lowest BCUT2D eigenvalue weighted by Gasteiger charge is -2.38. The SMILES string of the molecule is CN(C)c1ccc(/C=C/B(O)OC(C)(C)C(C)(C)O)cc1. The highest BCUT2D eigenvalue weighted by molar-refractivity contribution is 6.50. The third kappa shape index (κ3) is 5.19. The van der Waals surface area contributed by atoms with Crippen LogP contribution in [0.15, 0.2) is 30.2 Å². The molecular weight excluding hydrogens is 265 g/mol. The van der Waals surface area contributed by atoms with E-state index in [0.717, 1.165) is 11.3 Å². The lowest BCUT2D eigenvalue weighted by Crippen LogP contribution is -2.50. The van der Waals surface area contributed by atoms with E-state index in [2.05, 4.69) is 0 Å². The average Bonchev–Trinajstić information content (AvgIpc) is 2.35. The van der Waals surface area contributed by atoms with Gasteiger partial charge < -0.3 is 19.7 Å². The zero-order valence-corrected chi connectivity index (χ0v) is 13.8. The second-order valence-corrected chi connectivity index (χ2v) is 6.42. The number of nitrogens with zero attached hydrogens (tertiary/aromatic N) is 1. The van der Waals surface area contributed by atoms with Crippen LogP contribution in [0, 0.1) is 0 Å². The van der Waals surface area contributed by atoms with Crippen LogP contribution in [0.1, 0.15) is 33.3 Å². The van der Waals surface area contributed by atoms with Crippen LogP contribution in [-0.4, -0.2) is 42.5 Å². The summed E-state index contributed by atoms with van der Waals surface area (Å²) in [5.41, 5.74) is 0.192. The summed E-state index contributed by atoms with van der Waals surface area (Å²) in [7, 11) is 2.91. The summed E-state index contributed by atoms with van der Waals surface area (Å²) in [5, 5.41) is 19.9. The Morgan fingerprint density at radius 1 is 1.10 bits per heavy atom. The maximum atomic E-state index is 10.00. The molecule has 0 saturated heterocycles. The van der Waals surface area contributed by atoms with Gasteiger partial charge in [0.1, 0.15) is 0 Å². The molecule has 0 aliphatic carbocycles. The molecule has 0 unspecified atom stereocenters. The van der Waals surface area contributed by atoms with Crippen molar-refractivity contribution in [1.82, 2.24) is 0 Å². The van der Waals surface area contributed by atoms with Gasteiger partial charge in [-0.1, -0.05) is 24.2 Å². The van der Waals surface area contributed by atoms with Gasteiger partial charge in [-0.05, 0) is 45.4 Å². The lowest BCUT2D eigenvalue weighted by atomic mass is 9.82. The van der Waals surface area contributed by atoms with Crippen LogP contribution < -0.4 is 4.90 Å². The molecule has 0 saturated carbocycles. The highest BCUT2D eigenvalue weighted by Crippen LogP contribution is 2.25. The summed E-state index contributed by atoms with van der Waals surface area (Å²) in [5.74, 6) is 1.57. The Labute approximate surface area is 128 Å². The maximum absolute atomic E-state index is 10.00. The predicted octanol–water partition coefficient (Wildman–Crippen LogP) is 2.35. The Hall–Kier alpha value is -1.30. The monoisotopic (exact) mass is 291 g/mol. The van der Waals surface area contributed by atoms with Gasteiger partial charge in [-0.3, -0.25) is 0 Å². The Kier molecular flexibility index (Phi) is 5.62. The van der Waals surface area contributed by atoms with E-state index in [-0.39, 0.29) is 0 Å². The van der Waals surface area contributed by atoms with E-state index in [0.29, 0.717) is 0 Å². The quantitative estimate of drug-likeness (QED) is 0.790. The minimum atomic E-state index is -1.07. The van der Waals surface area contributed by atoms with E-state index in [1.807, 2.05) is 43.3 Å². The molecule has 116 valence electrons. The first kappa shape index (κ1) is 17.8. The van der Waals surface area contributed by atoms with E-state index in [1.165, 1.54) is 0 Å². The van der Waals surface area contributed by atoms with Crippen molar-refractivity contribution in [2.24, 2.45) is 0 Å². The molecular formula is C16H26BNO3. The number of benzene rings is 1. The minimum absolute atomic E-state index is 0.856. The van der Waals surface area contributed by atoms with Crippen molar-refractivity contribution in [3.05, 3.63) is 35.8 Å². The minimum Gasteiger partial charge on any atom is -0.423 e. The third-order valence-electron chi connectivity index (χ3n) is 3.75. The van der Waals surface area contributed by atoms with Crippen LogP contribution in [0.2, 0.25) is 0 Å². The summed E-state index contributed by atoms with van der Waals surface area (Å²) in [6.07, 6.45) is 1.80. The van der Waals surface area contributed by atoms with Gasteiger partial charge in [-0.15, -0.1) is 0 Å². The maximum Gasteiger partial charge on any atom is 0.483 e. The second-order valence-electron chi connectivity index (χ2n) is 6.42. The van der Waals surface area contributed by atoms with Gasteiger partial charge in [-0.25, -0.2) is 0 Å². The number of rotatable bonds is 6. The molecule has 21 heavy (non-hydrogen) atoms. The van der Waals surface area contributed by atoms with Gasteiger partial charge >= 0.3 is 7.12 Å². The molecule has 0 fully saturated rings. The van der Waals surface area contributed by atoms with Crippen molar-refractivity contribution in [2.45, 2.75) is 38.9 Å². The number of anilines is 1. The molecule has 4 nitrogen and oxygen atoms in total. The van der Waals surface area contributed by atoms with Crippen molar-refractivity contribution < 1.29 is 14.8 Å². The number of hydrogen-bond acceptors (Lipinski definition) is 4. The summed E-state index contributed by atoms with van der Waals surface area (Å²) in [6, 6.07) is 7.96. The molecule has 5 heteroatoms. The van der Waals surface area contributed by atoms with E-state index < -0.39 is 18.3 Å². The Morgan fingerprint density at radius 3 is 2.05 bits per heavy atom. The summed E-state index contributed by atoms with van der Waals surface area (Å²) >= 11 is 0. The molecule has 2 N–H and O–H groups in total. The second kappa shape index (κ2) is 6.64. The van der Waals surface area contributed by atoms with Crippen molar-refractivity contribution in [3.63, 3.8) is 0 Å². The summed E-state index contributed by atoms with van der Waals surface area (Å²) in [6.45, 7) is 6.80. The predicted molar refractivity (Wildman–Crippen MR) is 89.2 cm³/mol. The molecule has 1 aromatic rings. The molecule has 0 aliphatic rings. The molecule has 0 heterocycles. The Morgan fingerprint density at radius 2 is 1.62 bits per heavy atom. The van der Waals surface area contributed by atoms with Gasteiger partial charge in [0.15, 0.2) is 0 Å². The first-order valence-corrected chi connectivity index (χ1v) is 7.07. The molecule has 0 bridgehead atoms. The van der Waals surface area contributed by atoms with E-state index in [4.69, 9.17) is 4.65 Å². The van der Waals surface area contributed by atoms with Crippen LogP contribution in [0.5, 0.6) is 0 Å². The fourth-order valence-electron chi connectivity index (χ4n) is 1.56. The highest BCUT2D eigenvalue weighted by atomic mass is 16.5. The van der Waals surface area contributed by atoms with Gasteiger partial charge in [0.25, 0.3) is 0 Å². The van der Waals surface area contributed by atoms with Crippen LogP contribution in [0.25, 0.3) is 6.08 Å². The summed E-state index contributed by atoms with van der Waals surface area (Å²) < 4.78 is 5.50. The van der Waals surface area contributed by atoms with Crippen molar-refractivity contribution in [1.29, 1.82) is 0 Å². The molecule has 0 aliphatic heterocycles. The van der Waals surface area contributed by atoms with E-state index in [9.17, 15) is 10.1 Å². The number of hydrogen-bond donors (Lipinski definition) is 2. The molecule has 0 amide bonds. The van der Waals surface area contributed by atoms with Crippen LogP contribution in [-0.2, 0) is 4.65 Å². The molecule has 1 rings (SSSR count). The van der Waals surface area contributed by atoms with E-state index >= 15 is 0 Å². The van der Waals surface area contributed by atoms with E-state index in [1.54, 1.807) is 39.7 Å². The first-order chi connectivity index (χ1) is 9.53. The normalized spacial score (nSPS) is 12.8. The first-order valence-electron chi connectivity index (χ1n) is 7.07. The Balaban J connectivity index is 2.68. The van der Waals surface area contributed by atoms with Crippen LogP contribution in [0.4, 0.5) is 5.69 Å². The van der Waals surface area contributed by atoms with Crippen LogP contribution >= 0.6 is 0 Å². The van der Waals surface area contributed by atoms with Crippen LogP contribution in [0.3, 0.4) is 0 Å². The highest BCUT2D eigenvalue weighted by Gasteiger charge is 2.38. The zero-order valence-electron chi connectivity index (χ0n) is 13.8. The largest absolute Gasteiger partial charge is 0.483 e. The fraction of sp³-hybridized carbons (Fsp3) is 0.500. The fourth-order valence-corrected chi connectivity index (χ4v) is 1.56. The third-order valence-corrected chi connectivity index (χ3v) is 3.75. The van der Waals surface area contributed by atoms with Crippen molar-refractivity contribution >= 4 is 18.9 Å². The van der Waals surface area contributed by atoms with Gasteiger partial charge in [0, 0.05) is 19.8 Å². The Bertz CT molecular complexity index is 475. The summed E-state index contributed by atoms with van der Waals surface area (Å²) in [4.78, 5) is 2.03. The van der Waals surface area contributed by atoms with Crippen molar-refractivity contribution in [2.75, 3.05) is 19.0 Å². The van der Waals surface area contributed by atoms with Gasteiger partial charge in [0.05, 0.1) is 11.2 Å². The molecule has 0 atom stereocenters. The van der Waals surface area contributed by atoms with Crippen molar-refractivity contribution in [3.8, 4) is 0 Å². The molecule has 0 aromatic heterocycles. The lowest BCUT2D eigenvalue weighted by molar-refractivity contribution is -0.0984. The average molecular weight is 291 g/mol. The standard InChI is InChI=1S/C16H26BNO3/c1-15(2,19)16(3,4)21-17(20)12-11-13-7-9-14(10-8-13)18(5)6/h7-12,19-20H,1-6H3/b12-11+. The molecule has 1 aromatic carbocycles. The van der Waals surface area contributed by atoms with Gasteiger partial charge in [-0.2, -0.15) is 0 Å². The molecule has 0 spiro atoms. The zero-order chi connectivity index (χ0) is 16.3.